The van der Waals surface area contributed by atoms with E-state index in [-0.39, 0.29) is 17.2 Å². The zero-order valence-electron chi connectivity index (χ0n) is 13.8. The minimum Gasteiger partial charge on any atom is -0.398 e. The molecule has 2 aliphatic rings. The minimum absolute atomic E-state index is 0.102. The summed E-state index contributed by atoms with van der Waals surface area (Å²) in [6, 6.07) is 4.71. The summed E-state index contributed by atoms with van der Waals surface area (Å²) in [7, 11) is 0. The number of hydrogen-bond acceptors (Lipinski definition) is 5. The van der Waals surface area contributed by atoms with Crippen molar-refractivity contribution in [3.8, 4) is 0 Å². The van der Waals surface area contributed by atoms with E-state index in [1.807, 2.05) is 0 Å². The van der Waals surface area contributed by atoms with E-state index in [0.717, 1.165) is 19.5 Å². The molecule has 2 fully saturated rings. The Morgan fingerprint density at radius 1 is 1.12 bits per heavy atom. The van der Waals surface area contributed by atoms with E-state index in [1.165, 1.54) is 43.9 Å². The van der Waals surface area contributed by atoms with Crippen LogP contribution in [0.3, 0.4) is 0 Å². The van der Waals surface area contributed by atoms with Crippen LogP contribution in [-0.4, -0.2) is 52.9 Å². The molecule has 130 valence electrons. The molecular weight excluding hydrogens is 308 g/mol. The lowest BCUT2D eigenvalue weighted by Crippen LogP contribution is -2.38. The monoisotopic (exact) mass is 332 g/mol. The lowest BCUT2D eigenvalue weighted by molar-refractivity contribution is -0.384. The van der Waals surface area contributed by atoms with Crippen LogP contribution < -0.4 is 5.73 Å². The van der Waals surface area contributed by atoms with E-state index in [2.05, 4.69) is 4.90 Å². The number of anilines is 1. The predicted octanol–water partition coefficient (Wildman–Crippen LogP) is 2.27. The SMILES string of the molecule is Nc1ccc([N+](=O)[O-])cc1C(=O)N1CCCN(C2CCCC2)CC1. The van der Waals surface area contributed by atoms with E-state index < -0.39 is 4.92 Å². The molecule has 2 N–H and O–H groups in total. The number of carbonyl (C=O) groups excluding carboxylic acids is 1. The van der Waals surface area contributed by atoms with Gasteiger partial charge < -0.3 is 10.6 Å². The van der Waals surface area contributed by atoms with Gasteiger partial charge in [-0.2, -0.15) is 0 Å². The molecule has 0 radical (unpaired) electrons. The lowest BCUT2D eigenvalue weighted by Gasteiger charge is -2.27. The van der Waals surface area contributed by atoms with Crippen LogP contribution in [-0.2, 0) is 0 Å². The topological polar surface area (TPSA) is 92.7 Å². The quantitative estimate of drug-likeness (QED) is 0.521. The maximum atomic E-state index is 12.8. The highest BCUT2D eigenvalue weighted by molar-refractivity contribution is 5.99. The Hall–Kier alpha value is -2.15. The molecule has 0 aromatic heterocycles. The molecule has 1 saturated heterocycles. The summed E-state index contributed by atoms with van der Waals surface area (Å²) < 4.78 is 0. The number of nitrogens with two attached hydrogens (primary N) is 1. The molecule has 24 heavy (non-hydrogen) atoms. The molecule has 1 aromatic rings. The van der Waals surface area contributed by atoms with Crippen LogP contribution in [0.2, 0.25) is 0 Å². The molecular formula is C17H24N4O3. The summed E-state index contributed by atoms with van der Waals surface area (Å²) in [6.45, 7) is 3.20. The predicted molar refractivity (Wildman–Crippen MR) is 91.9 cm³/mol. The Morgan fingerprint density at radius 2 is 1.88 bits per heavy atom. The molecule has 1 amide bonds. The van der Waals surface area contributed by atoms with Gasteiger partial charge in [0.25, 0.3) is 11.6 Å². The van der Waals surface area contributed by atoms with Gasteiger partial charge >= 0.3 is 0 Å². The fourth-order valence-electron chi connectivity index (χ4n) is 3.79. The van der Waals surface area contributed by atoms with E-state index in [1.54, 1.807) is 4.90 Å². The number of hydrogen-bond donors (Lipinski definition) is 1. The molecule has 3 rings (SSSR count). The Labute approximate surface area is 141 Å². The van der Waals surface area contributed by atoms with Gasteiger partial charge in [-0.3, -0.25) is 19.8 Å². The van der Waals surface area contributed by atoms with Crippen molar-refractivity contribution < 1.29 is 9.72 Å². The molecule has 1 heterocycles. The van der Waals surface area contributed by atoms with Crippen molar-refractivity contribution in [3.05, 3.63) is 33.9 Å². The van der Waals surface area contributed by atoms with Crippen LogP contribution >= 0.6 is 0 Å². The number of nitrogen functional groups attached to an aromatic ring is 1. The molecule has 0 spiro atoms. The van der Waals surface area contributed by atoms with Crippen molar-refractivity contribution in [2.24, 2.45) is 0 Å². The van der Waals surface area contributed by atoms with Gasteiger partial charge in [0.15, 0.2) is 0 Å². The average Bonchev–Trinajstić information content (AvgIpc) is 2.99. The van der Waals surface area contributed by atoms with Gasteiger partial charge in [-0.15, -0.1) is 0 Å². The van der Waals surface area contributed by atoms with E-state index >= 15 is 0 Å². The molecule has 0 atom stereocenters. The first kappa shape index (κ1) is 16.7. The number of amides is 1. The zero-order chi connectivity index (χ0) is 17.1. The first-order valence-electron chi connectivity index (χ1n) is 8.63. The fourth-order valence-corrected chi connectivity index (χ4v) is 3.79. The summed E-state index contributed by atoms with van der Waals surface area (Å²) in [6.07, 6.45) is 6.04. The van der Waals surface area contributed by atoms with Gasteiger partial charge in [-0.25, -0.2) is 0 Å². The summed E-state index contributed by atoms with van der Waals surface area (Å²) in [5, 5.41) is 10.9. The van der Waals surface area contributed by atoms with Crippen LogP contribution in [0, 0.1) is 10.1 Å². The third kappa shape index (κ3) is 3.51. The Balaban J connectivity index is 1.71. The first-order valence-corrected chi connectivity index (χ1v) is 8.63. The Kier molecular flexibility index (Phi) is 4.99. The van der Waals surface area contributed by atoms with Crippen molar-refractivity contribution in [2.75, 3.05) is 31.9 Å². The maximum Gasteiger partial charge on any atom is 0.270 e. The molecule has 7 heteroatoms. The standard InChI is InChI=1S/C17H24N4O3/c18-16-7-6-14(21(23)24)12-15(16)17(22)20-9-3-8-19(10-11-20)13-4-1-2-5-13/h6-7,12-13H,1-5,8-11,18H2. The second kappa shape index (κ2) is 7.17. The van der Waals surface area contributed by atoms with Crippen molar-refractivity contribution in [1.82, 2.24) is 9.80 Å². The van der Waals surface area contributed by atoms with Gasteiger partial charge in [0.1, 0.15) is 0 Å². The number of carbonyl (C=O) groups is 1. The van der Waals surface area contributed by atoms with Crippen molar-refractivity contribution in [3.63, 3.8) is 0 Å². The van der Waals surface area contributed by atoms with Gasteiger partial charge in [0, 0.05) is 50.0 Å². The normalized spacial score (nSPS) is 20.1. The highest BCUT2D eigenvalue weighted by Crippen LogP contribution is 2.25. The van der Waals surface area contributed by atoms with Crippen LogP contribution in [0.25, 0.3) is 0 Å². The van der Waals surface area contributed by atoms with Crippen LogP contribution in [0.5, 0.6) is 0 Å². The van der Waals surface area contributed by atoms with Crippen molar-refractivity contribution in [2.45, 2.75) is 38.1 Å². The summed E-state index contributed by atoms with van der Waals surface area (Å²) in [4.78, 5) is 27.5. The minimum atomic E-state index is -0.500. The maximum absolute atomic E-state index is 12.8. The van der Waals surface area contributed by atoms with Crippen molar-refractivity contribution in [1.29, 1.82) is 0 Å². The van der Waals surface area contributed by atoms with Gasteiger partial charge in [0.2, 0.25) is 0 Å². The smallest absolute Gasteiger partial charge is 0.270 e. The molecule has 1 aliphatic heterocycles. The highest BCUT2D eigenvalue weighted by Gasteiger charge is 2.27. The molecule has 7 nitrogen and oxygen atoms in total. The second-order valence-corrected chi connectivity index (χ2v) is 6.65. The average molecular weight is 332 g/mol. The second-order valence-electron chi connectivity index (χ2n) is 6.65. The fraction of sp³-hybridized carbons (Fsp3) is 0.588. The molecule has 1 aromatic carbocycles. The van der Waals surface area contributed by atoms with E-state index in [4.69, 9.17) is 5.73 Å². The summed E-state index contributed by atoms with van der Waals surface area (Å²) in [5.74, 6) is -0.204. The summed E-state index contributed by atoms with van der Waals surface area (Å²) >= 11 is 0. The number of rotatable bonds is 3. The molecule has 1 aliphatic carbocycles. The van der Waals surface area contributed by atoms with Crippen LogP contribution in [0.4, 0.5) is 11.4 Å². The number of nitro benzene ring substituents is 1. The first-order chi connectivity index (χ1) is 11.6. The van der Waals surface area contributed by atoms with Crippen LogP contribution in [0.15, 0.2) is 18.2 Å². The van der Waals surface area contributed by atoms with Crippen LogP contribution in [0.1, 0.15) is 42.5 Å². The molecule has 0 bridgehead atoms. The van der Waals surface area contributed by atoms with Crippen molar-refractivity contribution >= 4 is 17.3 Å². The number of non-ortho nitro benzene ring substituents is 1. The summed E-state index contributed by atoms with van der Waals surface area (Å²) in [5.41, 5.74) is 6.31. The number of nitro groups is 1. The third-order valence-electron chi connectivity index (χ3n) is 5.14. The molecule has 0 unspecified atom stereocenters. The zero-order valence-corrected chi connectivity index (χ0v) is 13.8. The third-order valence-corrected chi connectivity index (χ3v) is 5.14. The number of nitrogens with zero attached hydrogens (tertiary/aromatic N) is 3. The Bertz CT molecular complexity index is 628. The number of benzene rings is 1. The Morgan fingerprint density at radius 3 is 2.58 bits per heavy atom. The van der Waals surface area contributed by atoms with E-state index in [0.29, 0.717) is 24.8 Å². The van der Waals surface area contributed by atoms with E-state index in [9.17, 15) is 14.9 Å². The van der Waals surface area contributed by atoms with Gasteiger partial charge in [-0.1, -0.05) is 12.8 Å². The largest absolute Gasteiger partial charge is 0.398 e. The molecule has 1 saturated carbocycles. The highest BCUT2D eigenvalue weighted by atomic mass is 16.6. The van der Waals surface area contributed by atoms with Gasteiger partial charge in [-0.05, 0) is 25.3 Å². The van der Waals surface area contributed by atoms with Gasteiger partial charge in [0.05, 0.1) is 10.5 Å². The lowest BCUT2D eigenvalue weighted by atomic mass is 10.1.